The molecule has 1 amide bonds. The zero-order chi connectivity index (χ0) is 12.3. The predicted octanol–water partition coefficient (Wildman–Crippen LogP) is -0.473. The largest absolute Gasteiger partial charge is 0.380 e. The van der Waals surface area contributed by atoms with Gasteiger partial charge in [0.05, 0.1) is 12.1 Å². The lowest BCUT2D eigenvalue weighted by molar-refractivity contribution is -0.135. The second-order valence-corrected chi connectivity index (χ2v) is 4.81. The molecule has 98 valence electrons. The van der Waals surface area contributed by atoms with E-state index < -0.39 is 0 Å². The van der Waals surface area contributed by atoms with Crippen LogP contribution in [0, 0.1) is 0 Å². The molecule has 0 aromatic rings. The zero-order valence-electron chi connectivity index (χ0n) is 10.8. The number of amides is 1. The third kappa shape index (κ3) is 2.97. The van der Waals surface area contributed by atoms with E-state index in [1.165, 1.54) is 0 Å². The third-order valence-electron chi connectivity index (χ3n) is 3.85. The van der Waals surface area contributed by atoms with Crippen molar-refractivity contribution in [2.24, 2.45) is 0 Å². The van der Waals surface area contributed by atoms with E-state index in [1.807, 2.05) is 4.90 Å². The molecule has 0 radical (unpaired) electrons. The Kier molecular flexibility index (Phi) is 4.36. The highest BCUT2D eigenvalue weighted by Gasteiger charge is 2.33. The average Bonchev–Trinajstić information content (AvgIpc) is 2.87. The van der Waals surface area contributed by atoms with Crippen LogP contribution in [0.5, 0.6) is 0 Å². The monoisotopic (exact) mass is 241 g/mol. The van der Waals surface area contributed by atoms with Crippen molar-refractivity contribution in [3.8, 4) is 0 Å². The Morgan fingerprint density at radius 2 is 2.06 bits per heavy atom. The molecule has 1 N–H and O–H groups in total. The standard InChI is InChI=1S/C12H23N3O2/c1-3-14-4-6-15(7-5-14)12(16)11-8-10(17-2)9-13-11/h10-11,13H,3-9H2,1-2H3. The Morgan fingerprint density at radius 3 is 2.59 bits per heavy atom. The number of hydrogen-bond donors (Lipinski definition) is 1. The van der Waals surface area contributed by atoms with Gasteiger partial charge < -0.3 is 19.9 Å². The van der Waals surface area contributed by atoms with Crippen molar-refractivity contribution in [2.45, 2.75) is 25.5 Å². The van der Waals surface area contributed by atoms with Crippen molar-refractivity contribution < 1.29 is 9.53 Å². The van der Waals surface area contributed by atoms with Gasteiger partial charge in [0.1, 0.15) is 0 Å². The minimum atomic E-state index is -0.0341. The maximum Gasteiger partial charge on any atom is 0.239 e. The maximum absolute atomic E-state index is 12.2. The van der Waals surface area contributed by atoms with Gasteiger partial charge in [-0.1, -0.05) is 6.92 Å². The summed E-state index contributed by atoms with van der Waals surface area (Å²) in [4.78, 5) is 16.6. The molecule has 0 spiro atoms. The van der Waals surface area contributed by atoms with Crippen molar-refractivity contribution in [2.75, 3.05) is 46.4 Å². The van der Waals surface area contributed by atoms with E-state index >= 15 is 0 Å². The van der Waals surface area contributed by atoms with Crippen LogP contribution in [0.1, 0.15) is 13.3 Å². The van der Waals surface area contributed by atoms with Crippen molar-refractivity contribution in [3.05, 3.63) is 0 Å². The fourth-order valence-electron chi connectivity index (χ4n) is 2.58. The lowest BCUT2D eigenvalue weighted by Gasteiger charge is -2.35. The Labute approximate surface area is 103 Å². The summed E-state index contributed by atoms with van der Waals surface area (Å²) >= 11 is 0. The summed E-state index contributed by atoms with van der Waals surface area (Å²) in [6.45, 7) is 7.77. The highest BCUT2D eigenvalue weighted by Crippen LogP contribution is 2.13. The van der Waals surface area contributed by atoms with Crippen LogP contribution in [0.25, 0.3) is 0 Å². The molecule has 2 rings (SSSR count). The molecule has 2 heterocycles. The summed E-state index contributed by atoms with van der Waals surface area (Å²) in [6, 6.07) is -0.0341. The summed E-state index contributed by atoms with van der Waals surface area (Å²) in [5.41, 5.74) is 0. The molecule has 0 saturated carbocycles. The van der Waals surface area contributed by atoms with Gasteiger partial charge in [-0.25, -0.2) is 0 Å². The first-order valence-electron chi connectivity index (χ1n) is 6.52. The SMILES string of the molecule is CCN1CCN(C(=O)C2CC(OC)CN2)CC1. The highest BCUT2D eigenvalue weighted by molar-refractivity contribution is 5.82. The van der Waals surface area contributed by atoms with Crippen LogP contribution in [-0.2, 0) is 9.53 Å². The van der Waals surface area contributed by atoms with Crippen molar-refractivity contribution in [3.63, 3.8) is 0 Å². The van der Waals surface area contributed by atoms with E-state index in [9.17, 15) is 4.79 Å². The van der Waals surface area contributed by atoms with E-state index in [0.717, 1.165) is 45.7 Å². The van der Waals surface area contributed by atoms with Crippen LogP contribution >= 0.6 is 0 Å². The van der Waals surface area contributed by atoms with Gasteiger partial charge in [-0.15, -0.1) is 0 Å². The minimum absolute atomic E-state index is 0.0341. The smallest absolute Gasteiger partial charge is 0.239 e. The number of piperazine rings is 1. The van der Waals surface area contributed by atoms with Gasteiger partial charge in [0.2, 0.25) is 5.91 Å². The van der Waals surface area contributed by atoms with Gasteiger partial charge in [-0.3, -0.25) is 4.79 Å². The van der Waals surface area contributed by atoms with Crippen LogP contribution in [0.15, 0.2) is 0 Å². The topological polar surface area (TPSA) is 44.8 Å². The molecule has 2 unspecified atom stereocenters. The molecule has 17 heavy (non-hydrogen) atoms. The van der Waals surface area contributed by atoms with E-state index in [2.05, 4.69) is 17.1 Å². The lowest BCUT2D eigenvalue weighted by Crippen LogP contribution is -2.52. The van der Waals surface area contributed by atoms with Crippen molar-refractivity contribution in [1.29, 1.82) is 0 Å². The minimum Gasteiger partial charge on any atom is -0.380 e. The van der Waals surface area contributed by atoms with Gasteiger partial charge in [-0.2, -0.15) is 0 Å². The Balaban J connectivity index is 1.81. The molecule has 2 aliphatic rings. The number of carbonyl (C=O) groups is 1. The highest BCUT2D eigenvalue weighted by atomic mass is 16.5. The Hall–Kier alpha value is -0.650. The molecular formula is C12H23N3O2. The zero-order valence-corrected chi connectivity index (χ0v) is 10.8. The second kappa shape index (κ2) is 5.80. The Morgan fingerprint density at radius 1 is 1.35 bits per heavy atom. The van der Waals surface area contributed by atoms with Crippen LogP contribution in [0.2, 0.25) is 0 Å². The molecule has 2 fully saturated rings. The summed E-state index contributed by atoms with van der Waals surface area (Å²) in [6.07, 6.45) is 1.00. The number of hydrogen-bond acceptors (Lipinski definition) is 4. The summed E-state index contributed by atoms with van der Waals surface area (Å²) < 4.78 is 5.27. The number of rotatable bonds is 3. The van der Waals surface area contributed by atoms with Crippen LogP contribution in [0.4, 0.5) is 0 Å². The normalized spacial score (nSPS) is 30.8. The van der Waals surface area contributed by atoms with E-state index in [-0.39, 0.29) is 18.1 Å². The number of carbonyl (C=O) groups excluding carboxylic acids is 1. The molecule has 2 aliphatic heterocycles. The molecule has 5 heteroatoms. The van der Waals surface area contributed by atoms with Crippen LogP contribution in [-0.4, -0.2) is 74.2 Å². The molecule has 0 bridgehead atoms. The Bertz CT molecular complexity index is 264. The van der Waals surface area contributed by atoms with Gasteiger partial charge in [0.25, 0.3) is 0 Å². The van der Waals surface area contributed by atoms with Crippen LogP contribution < -0.4 is 5.32 Å². The van der Waals surface area contributed by atoms with E-state index in [1.54, 1.807) is 7.11 Å². The first-order valence-corrected chi connectivity index (χ1v) is 6.52. The van der Waals surface area contributed by atoms with Crippen molar-refractivity contribution in [1.82, 2.24) is 15.1 Å². The van der Waals surface area contributed by atoms with E-state index in [0.29, 0.717) is 0 Å². The molecule has 5 nitrogen and oxygen atoms in total. The van der Waals surface area contributed by atoms with Gasteiger partial charge in [-0.05, 0) is 13.0 Å². The molecule has 0 aromatic heterocycles. The molecular weight excluding hydrogens is 218 g/mol. The summed E-state index contributed by atoms with van der Waals surface area (Å²) in [7, 11) is 1.71. The number of methoxy groups -OCH3 is 1. The lowest BCUT2D eigenvalue weighted by atomic mass is 10.1. The number of nitrogens with zero attached hydrogens (tertiary/aromatic N) is 2. The number of nitrogens with one attached hydrogen (secondary N) is 1. The summed E-state index contributed by atoms with van der Waals surface area (Å²) in [5.74, 6) is 0.250. The quantitative estimate of drug-likeness (QED) is 0.725. The summed E-state index contributed by atoms with van der Waals surface area (Å²) in [5, 5.41) is 3.25. The van der Waals surface area contributed by atoms with Crippen LogP contribution in [0.3, 0.4) is 0 Å². The van der Waals surface area contributed by atoms with E-state index in [4.69, 9.17) is 4.74 Å². The molecule has 0 aliphatic carbocycles. The molecule has 2 atom stereocenters. The first kappa shape index (κ1) is 12.8. The number of likely N-dealkylation sites (N-methyl/N-ethyl adjacent to an activating group) is 1. The fourth-order valence-corrected chi connectivity index (χ4v) is 2.58. The van der Waals surface area contributed by atoms with Crippen molar-refractivity contribution >= 4 is 5.91 Å². The second-order valence-electron chi connectivity index (χ2n) is 4.81. The average molecular weight is 241 g/mol. The maximum atomic E-state index is 12.2. The third-order valence-corrected chi connectivity index (χ3v) is 3.85. The van der Waals surface area contributed by atoms with Gasteiger partial charge in [0.15, 0.2) is 0 Å². The molecule has 2 saturated heterocycles. The number of ether oxygens (including phenoxy) is 1. The fraction of sp³-hybridized carbons (Fsp3) is 0.917. The van der Waals surface area contributed by atoms with Gasteiger partial charge in [0, 0.05) is 39.8 Å². The molecule has 0 aromatic carbocycles. The van der Waals surface area contributed by atoms with Gasteiger partial charge >= 0.3 is 0 Å². The predicted molar refractivity (Wildman–Crippen MR) is 65.9 cm³/mol. The first-order chi connectivity index (χ1) is 8.24.